The molecule has 1 aliphatic rings. The van der Waals surface area contributed by atoms with Crippen LogP contribution in [0.3, 0.4) is 0 Å². The Morgan fingerprint density at radius 2 is 2.06 bits per heavy atom. The number of hydrogen-bond donors (Lipinski definition) is 2. The van der Waals surface area contributed by atoms with E-state index in [0.29, 0.717) is 22.6 Å². The van der Waals surface area contributed by atoms with Crippen molar-refractivity contribution in [1.82, 2.24) is 20.1 Å². The highest BCUT2D eigenvalue weighted by atomic mass is 19.1. The van der Waals surface area contributed by atoms with E-state index in [0.717, 1.165) is 0 Å². The van der Waals surface area contributed by atoms with Gasteiger partial charge in [-0.25, -0.2) is 18.9 Å². The lowest BCUT2D eigenvalue weighted by atomic mass is 10.1. The van der Waals surface area contributed by atoms with E-state index >= 15 is 0 Å². The molecule has 2 N–H and O–H groups in total. The van der Waals surface area contributed by atoms with E-state index in [9.17, 15) is 19.3 Å². The maximum atomic E-state index is 14.8. The summed E-state index contributed by atoms with van der Waals surface area (Å²) in [5, 5.41) is 21.2. The van der Waals surface area contributed by atoms with Gasteiger partial charge in [-0.3, -0.25) is 10.1 Å². The lowest BCUT2D eigenvalue weighted by Gasteiger charge is -2.22. The van der Waals surface area contributed by atoms with E-state index in [2.05, 4.69) is 20.7 Å². The van der Waals surface area contributed by atoms with Crippen molar-refractivity contribution in [3.05, 3.63) is 70.0 Å². The van der Waals surface area contributed by atoms with Crippen LogP contribution in [0.25, 0.3) is 5.82 Å². The number of hydrogen-bond acceptors (Lipinski definition) is 7. The Bertz CT molecular complexity index is 1190. The van der Waals surface area contributed by atoms with Crippen molar-refractivity contribution in [3.63, 3.8) is 0 Å². The number of nitrogens with one attached hydrogen (secondary N) is 2. The second-order valence-corrected chi connectivity index (χ2v) is 8.62. The molecule has 0 fully saturated rings. The van der Waals surface area contributed by atoms with E-state index in [1.54, 1.807) is 57.4 Å². The van der Waals surface area contributed by atoms with Gasteiger partial charge in [0.15, 0.2) is 5.82 Å². The average molecular weight is 454 g/mol. The van der Waals surface area contributed by atoms with Crippen LogP contribution in [0.4, 0.5) is 26.4 Å². The fraction of sp³-hybridized carbons (Fsp3) is 0.318. The number of pyridine rings is 1. The second kappa shape index (κ2) is 8.49. The summed E-state index contributed by atoms with van der Waals surface area (Å²) in [6.45, 7) is 5.25. The van der Waals surface area contributed by atoms with Crippen LogP contribution in [-0.2, 0) is 4.74 Å². The van der Waals surface area contributed by atoms with Crippen molar-refractivity contribution in [3.8, 4) is 5.82 Å². The Morgan fingerprint density at radius 3 is 2.73 bits per heavy atom. The molecule has 0 aliphatic heterocycles. The number of rotatable bonds is 5. The van der Waals surface area contributed by atoms with Crippen molar-refractivity contribution in [1.29, 1.82) is 0 Å². The summed E-state index contributed by atoms with van der Waals surface area (Å²) >= 11 is 0. The number of ether oxygens (including phenoxy) is 1. The third-order valence-electron chi connectivity index (χ3n) is 4.99. The number of nitro groups is 1. The maximum absolute atomic E-state index is 14.8. The Hall–Kier alpha value is -4.02. The minimum Gasteiger partial charge on any atom is -0.444 e. The normalized spacial score (nSPS) is 17.3. The summed E-state index contributed by atoms with van der Waals surface area (Å²) in [5.41, 5.74) is 0.565. The number of carbonyl (C=O) groups excluding carboxylic acids is 1. The first-order chi connectivity index (χ1) is 15.6. The van der Waals surface area contributed by atoms with Crippen molar-refractivity contribution < 1.29 is 18.8 Å². The van der Waals surface area contributed by atoms with E-state index < -0.39 is 28.8 Å². The highest BCUT2D eigenvalue weighted by molar-refractivity contribution is 5.70. The van der Waals surface area contributed by atoms with Gasteiger partial charge < -0.3 is 15.4 Å². The summed E-state index contributed by atoms with van der Waals surface area (Å²) in [7, 11) is 0. The molecule has 0 saturated heterocycles. The molecule has 1 unspecified atom stereocenters. The van der Waals surface area contributed by atoms with Gasteiger partial charge in [-0.05, 0) is 56.2 Å². The van der Waals surface area contributed by atoms with E-state index in [4.69, 9.17) is 4.74 Å². The molecular weight excluding hydrogens is 431 g/mol. The fourth-order valence-electron chi connectivity index (χ4n) is 3.64. The number of halogens is 1. The molecule has 172 valence electrons. The first-order valence-electron chi connectivity index (χ1n) is 10.3. The molecule has 2 heterocycles. The zero-order chi connectivity index (χ0) is 23.8. The molecule has 1 aromatic carbocycles. The van der Waals surface area contributed by atoms with Gasteiger partial charge in [0.1, 0.15) is 11.8 Å². The first-order valence-corrected chi connectivity index (χ1v) is 10.3. The van der Waals surface area contributed by atoms with Crippen LogP contribution in [0.15, 0.2) is 48.8 Å². The maximum Gasteiger partial charge on any atom is 0.408 e. The standard InChI is InChI=1S/C22H23FN6O4/c1-22(2,3)33-21(30)26-17-12-16(23)15-11-13(5-6-14(15)17)25-20-18(29(31)32)7-8-19(27-20)28-10-4-9-24-28/h4-11,16-17H,12H2,1-3H3,(H,25,27)(H,26,30)/t16?,17-/m0/s1. The third kappa shape index (κ3) is 4.92. The molecule has 2 atom stereocenters. The molecular formula is C22H23FN6O4. The lowest BCUT2D eigenvalue weighted by Crippen LogP contribution is -2.34. The van der Waals surface area contributed by atoms with Gasteiger partial charge in [-0.15, -0.1) is 0 Å². The minimum absolute atomic E-state index is 0.00443. The molecule has 4 rings (SSSR count). The number of amides is 1. The Labute approximate surface area is 188 Å². The highest BCUT2D eigenvalue weighted by Crippen LogP contribution is 2.43. The number of nitrogens with zero attached hydrogens (tertiary/aromatic N) is 4. The summed E-state index contributed by atoms with van der Waals surface area (Å²) in [6.07, 6.45) is 1.38. The summed E-state index contributed by atoms with van der Waals surface area (Å²) in [6, 6.07) is 8.91. The summed E-state index contributed by atoms with van der Waals surface area (Å²) in [5.74, 6) is 0.393. The van der Waals surface area contributed by atoms with E-state index in [1.807, 2.05) is 0 Å². The second-order valence-electron chi connectivity index (χ2n) is 8.62. The van der Waals surface area contributed by atoms with Gasteiger partial charge in [0.2, 0.25) is 5.82 Å². The number of carbonyl (C=O) groups is 1. The smallest absolute Gasteiger partial charge is 0.408 e. The Morgan fingerprint density at radius 1 is 1.27 bits per heavy atom. The summed E-state index contributed by atoms with van der Waals surface area (Å²) < 4.78 is 21.5. The molecule has 0 spiro atoms. The highest BCUT2D eigenvalue weighted by Gasteiger charge is 2.33. The number of benzene rings is 1. The van der Waals surface area contributed by atoms with Crippen LogP contribution >= 0.6 is 0 Å². The molecule has 2 aromatic heterocycles. The largest absolute Gasteiger partial charge is 0.444 e. The first kappa shape index (κ1) is 22.2. The number of aromatic nitrogens is 3. The zero-order valence-corrected chi connectivity index (χ0v) is 18.3. The van der Waals surface area contributed by atoms with Gasteiger partial charge in [-0.1, -0.05) is 6.07 Å². The SMILES string of the molecule is CC(C)(C)OC(=O)N[C@H]1CC(F)c2cc(Nc3nc(-n4cccn4)ccc3[N+](=O)[O-])ccc21. The van der Waals surface area contributed by atoms with Crippen LogP contribution in [0.5, 0.6) is 0 Å². The summed E-state index contributed by atoms with van der Waals surface area (Å²) in [4.78, 5) is 27.4. The van der Waals surface area contributed by atoms with Crippen molar-refractivity contribution >= 4 is 23.3 Å². The van der Waals surface area contributed by atoms with Crippen LogP contribution < -0.4 is 10.6 Å². The number of alkyl halides is 1. The number of alkyl carbamates (subject to hydrolysis) is 1. The van der Waals surface area contributed by atoms with Crippen LogP contribution in [0.1, 0.15) is 50.5 Å². The molecule has 33 heavy (non-hydrogen) atoms. The van der Waals surface area contributed by atoms with Crippen molar-refractivity contribution in [2.75, 3.05) is 5.32 Å². The molecule has 10 nitrogen and oxygen atoms in total. The molecule has 0 saturated carbocycles. The zero-order valence-electron chi connectivity index (χ0n) is 18.3. The Balaban J connectivity index is 1.59. The van der Waals surface area contributed by atoms with Crippen LogP contribution in [0, 0.1) is 10.1 Å². The minimum atomic E-state index is -1.31. The molecule has 11 heteroatoms. The van der Waals surface area contributed by atoms with Gasteiger partial charge in [0.05, 0.1) is 11.0 Å². The monoisotopic (exact) mass is 454 g/mol. The van der Waals surface area contributed by atoms with Gasteiger partial charge >= 0.3 is 11.8 Å². The van der Waals surface area contributed by atoms with Crippen LogP contribution in [0.2, 0.25) is 0 Å². The van der Waals surface area contributed by atoms with Gasteiger partial charge in [-0.2, -0.15) is 5.10 Å². The van der Waals surface area contributed by atoms with Crippen molar-refractivity contribution in [2.24, 2.45) is 0 Å². The van der Waals surface area contributed by atoms with E-state index in [1.165, 1.54) is 16.8 Å². The molecule has 1 aliphatic carbocycles. The van der Waals surface area contributed by atoms with Gasteiger partial charge in [0.25, 0.3) is 0 Å². The predicted molar refractivity (Wildman–Crippen MR) is 118 cm³/mol. The lowest BCUT2D eigenvalue weighted by molar-refractivity contribution is -0.384. The quantitative estimate of drug-likeness (QED) is 0.415. The topological polar surface area (TPSA) is 124 Å². The third-order valence-corrected chi connectivity index (χ3v) is 4.99. The van der Waals surface area contributed by atoms with Crippen LogP contribution in [-0.4, -0.2) is 31.4 Å². The molecule has 0 bridgehead atoms. The molecule has 0 radical (unpaired) electrons. The Kier molecular flexibility index (Phi) is 5.71. The van der Waals surface area contributed by atoms with E-state index in [-0.39, 0.29) is 17.9 Å². The van der Waals surface area contributed by atoms with Gasteiger partial charge in [0, 0.05) is 30.6 Å². The molecule has 3 aromatic rings. The fourth-order valence-corrected chi connectivity index (χ4v) is 3.64. The average Bonchev–Trinajstić information content (AvgIpc) is 3.35. The predicted octanol–water partition coefficient (Wildman–Crippen LogP) is 4.90. The van der Waals surface area contributed by atoms with Crippen molar-refractivity contribution in [2.45, 2.75) is 45.0 Å². The molecule has 1 amide bonds. The number of fused-ring (bicyclic) bond motifs is 1. The number of anilines is 2.